The molecule has 1 saturated heterocycles. The molecule has 5 heteroatoms. The average molecular weight is 334 g/mol. The maximum atomic E-state index is 13.7. The van der Waals surface area contributed by atoms with Gasteiger partial charge in [0.25, 0.3) is 0 Å². The summed E-state index contributed by atoms with van der Waals surface area (Å²) in [7, 11) is 0. The van der Waals surface area contributed by atoms with Gasteiger partial charge in [-0.1, -0.05) is 12.8 Å². The summed E-state index contributed by atoms with van der Waals surface area (Å²) in [5, 5.41) is 3.47. The van der Waals surface area contributed by atoms with Crippen molar-refractivity contribution in [3.63, 3.8) is 0 Å². The van der Waals surface area contributed by atoms with Crippen LogP contribution in [0.25, 0.3) is 0 Å². The Hall–Kier alpha value is -1.62. The van der Waals surface area contributed by atoms with Gasteiger partial charge in [-0.15, -0.1) is 0 Å². The minimum Gasteiger partial charge on any atom is -0.462 e. The highest BCUT2D eigenvalue weighted by atomic mass is 19.1. The van der Waals surface area contributed by atoms with Gasteiger partial charge in [-0.25, -0.2) is 9.18 Å². The molecule has 1 aromatic rings. The van der Waals surface area contributed by atoms with Crippen molar-refractivity contribution in [1.82, 2.24) is 4.90 Å². The summed E-state index contributed by atoms with van der Waals surface area (Å²) in [5.41, 5.74) is 0.980. The van der Waals surface area contributed by atoms with Crippen LogP contribution in [0.15, 0.2) is 18.2 Å². The van der Waals surface area contributed by atoms with Crippen LogP contribution in [0.5, 0.6) is 0 Å². The number of ether oxygens (including phenoxy) is 1. The molecule has 3 rings (SSSR count). The van der Waals surface area contributed by atoms with Crippen LogP contribution in [0, 0.1) is 5.82 Å². The summed E-state index contributed by atoms with van der Waals surface area (Å²) in [4.78, 5) is 14.7. The van der Waals surface area contributed by atoms with Crippen LogP contribution in [-0.2, 0) is 4.74 Å². The molecule has 2 aliphatic rings. The molecule has 1 aliphatic carbocycles. The summed E-state index contributed by atoms with van der Waals surface area (Å²) in [5.74, 6) is -0.729. The zero-order valence-corrected chi connectivity index (χ0v) is 14.4. The van der Waals surface area contributed by atoms with E-state index in [0.29, 0.717) is 23.9 Å². The predicted octanol–water partition coefficient (Wildman–Crippen LogP) is 3.82. The molecule has 0 amide bonds. The van der Waals surface area contributed by atoms with Gasteiger partial charge in [0.1, 0.15) is 5.82 Å². The van der Waals surface area contributed by atoms with Gasteiger partial charge in [0, 0.05) is 12.1 Å². The fraction of sp³-hybridized carbons (Fsp3) is 0.632. The van der Waals surface area contributed by atoms with Gasteiger partial charge >= 0.3 is 5.97 Å². The van der Waals surface area contributed by atoms with E-state index in [-0.39, 0.29) is 11.9 Å². The summed E-state index contributed by atoms with van der Waals surface area (Å²) in [6.45, 7) is 4.39. The van der Waals surface area contributed by atoms with Crippen LogP contribution < -0.4 is 5.32 Å². The van der Waals surface area contributed by atoms with Crippen molar-refractivity contribution in [1.29, 1.82) is 0 Å². The van der Waals surface area contributed by atoms with E-state index in [1.165, 1.54) is 50.3 Å². The summed E-state index contributed by atoms with van der Waals surface area (Å²) in [6, 6.07) is 4.98. The second kappa shape index (κ2) is 7.97. The van der Waals surface area contributed by atoms with Crippen molar-refractivity contribution >= 4 is 11.7 Å². The quantitative estimate of drug-likeness (QED) is 0.831. The summed E-state index contributed by atoms with van der Waals surface area (Å²) >= 11 is 0. The second-order valence-corrected chi connectivity index (χ2v) is 6.76. The molecule has 4 nitrogen and oxygen atoms in total. The Balaban J connectivity index is 1.80. The molecule has 1 saturated carbocycles. The molecule has 1 aliphatic heterocycles. The number of likely N-dealkylation sites (tertiary alicyclic amines) is 1. The summed E-state index contributed by atoms with van der Waals surface area (Å²) in [6.07, 6.45) is 7.16. The molecule has 2 atom stereocenters. The van der Waals surface area contributed by atoms with Crippen LogP contribution in [0.1, 0.15) is 55.8 Å². The third-order valence-electron chi connectivity index (χ3n) is 5.16. The number of benzene rings is 1. The third kappa shape index (κ3) is 3.89. The molecule has 0 unspecified atom stereocenters. The smallest absolute Gasteiger partial charge is 0.340 e. The van der Waals surface area contributed by atoms with Crippen LogP contribution in [0.2, 0.25) is 0 Å². The number of nitrogens with one attached hydrogen (secondary N) is 1. The maximum Gasteiger partial charge on any atom is 0.340 e. The largest absolute Gasteiger partial charge is 0.462 e. The van der Waals surface area contributed by atoms with E-state index in [9.17, 15) is 9.18 Å². The van der Waals surface area contributed by atoms with Gasteiger partial charge < -0.3 is 10.1 Å². The Morgan fingerprint density at radius 2 is 2.00 bits per heavy atom. The molecule has 1 heterocycles. The SMILES string of the molecule is CCOC(=O)c1ccc(F)cc1N[C@H]1CCCC[C@@H]1N1CCCC1. The Labute approximate surface area is 143 Å². The molecule has 0 bridgehead atoms. The van der Waals surface area contributed by atoms with Crippen molar-refractivity contribution in [3.05, 3.63) is 29.6 Å². The lowest BCUT2D eigenvalue weighted by molar-refractivity contribution is 0.0527. The minimum atomic E-state index is -0.395. The van der Waals surface area contributed by atoms with E-state index in [2.05, 4.69) is 10.2 Å². The fourth-order valence-corrected chi connectivity index (χ4v) is 4.01. The number of nitrogens with zero attached hydrogens (tertiary/aromatic N) is 1. The van der Waals surface area contributed by atoms with Gasteiger partial charge in [-0.2, -0.15) is 0 Å². The lowest BCUT2D eigenvalue weighted by atomic mass is 9.89. The Bertz CT molecular complexity index is 572. The molecule has 0 radical (unpaired) electrons. The first kappa shape index (κ1) is 17.2. The molecular formula is C19H27FN2O2. The molecule has 1 N–H and O–H groups in total. The van der Waals surface area contributed by atoms with E-state index >= 15 is 0 Å². The van der Waals surface area contributed by atoms with Gasteiger partial charge in [-0.3, -0.25) is 4.90 Å². The first-order valence-corrected chi connectivity index (χ1v) is 9.16. The van der Waals surface area contributed by atoms with E-state index in [1.54, 1.807) is 6.92 Å². The van der Waals surface area contributed by atoms with Crippen molar-refractivity contribution in [2.24, 2.45) is 0 Å². The second-order valence-electron chi connectivity index (χ2n) is 6.76. The molecule has 132 valence electrons. The van der Waals surface area contributed by atoms with Crippen LogP contribution in [0.4, 0.5) is 10.1 Å². The predicted molar refractivity (Wildman–Crippen MR) is 92.8 cm³/mol. The number of esters is 1. The van der Waals surface area contributed by atoms with E-state index in [4.69, 9.17) is 4.74 Å². The van der Waals surface area contributed by atoms with Gasteiger partial charge in [-0.05, 0) is 63.9 Å². The Kier molecular flexibility index (Phi) is 5.72. The number of anilines is 1. The lowest BCUT2D eigenvalue weighted by Gasteiger charge is -2.39. The van der Waals surface area contributed by atoms with Gasteiger partial charge in [0.05, 0.1) is 17.9 Å². The van der Waals surface area contributed by atoms with Crippen LogP contribution in [-0.4, -0.2) is 42.6 Å². The average Bonchev–Trinajstić information content (AvgIpc) is 3.10. The van der Waals surface area contributed by atoms with Crippen molar-refractivity contribution in [2.45, 2.75) is 57.5 Å². The Morgan fingerprint density at radius 1 is 1.25 bits per heavy atom. The normalized spacial score (nSPS) is 24.8. The summed E-state index contributed by atoms with van der Waals surface area (Å²) < 4.78 is 18.9. The lowest BCUT2D eigenvalue weighted by Crippen LogP contribution is -2.47. The Morgan fingerprint density at radius 3 is 2.75 bits per heavy atom. The molecule has 0 spiro atoms. The van der Waals surface area contributed by atoms with Crippen LogP contribution >= 0.6 is 0 Å². The van der Waals surface area contributed by atoms with Crippen molar-refractivity contribution in [3.8, 4) is 0 Å². The molecule has 1 aromatic carbocycles. The molecular weight excluding hydrogens is 307 g/mol. The zero-order valence-electron chi connectivity index (χ0n) is 14.4. The third-order valence-corrected chi connectivity index (χ3v) is 5.16. The molecule has 24 heavy (non-hydrogen) atoms. The molecule has 0 aromatic heterocycles. The maximum absolute atomic E-state index is 13.7. The van der Waals surface area contributed by atoms with Crippen LogP contribution in [0.3, 0.4) is 0 Å². The van der Waals surface area contributed by atoms with Gasteiger partial charge in [0.2, 0.25) is 0 Å². The standard InChI is InChI=1S/C19H27FN2O2/c1-2-24-19(23)15-10-9-14(20)13-17(15)21-16-7-3-4-8-18(16)22-11-5-6-12-22/h9-10,13,16,18,21H,2-8,11-12H2,1H3/t16-,18-/m0/s1. The topological polar surface area (TPSA) is 41.6 Å². The fourth-order valence-electron chi connectivity index (χ4n) is 4.01. The zero-order chi connectivity index (χ0) is 16.9. The first-order valence-electron chi connectivity index (χ1n) is 9.16. The highest BCUT2D eigenvalue weighted by Gasteiger charge is 2.32. The number of hydrogen-bond acceptors (Lipinski definition) is 4. The number of rotatable bonds is 5. The molecule has 2 fully saturated rings. The van der Waals surface area contributed by atoms with E-state index < -0.39 is 5.97 Å². The number of carbonyl (C=O) groups excluding carboxylic acids is 1. The van der Waals surface area contributed by atoms with Crippen molar-refractivity contribution in [2.75, 3.05) is 25.0 Å². The van der Waals surface area contributed by atoms with Gasteiger partial charge in [0.15, 0.2) is 0 Å². The highest BCUT2D eigenvalue weighted by Crippen LogP contribution is 2.30. The van der Waals surface area contributed by atoms with E-state index in [0.717, 1.165) is 19.5 Å². The van der Waals surface area contributed by atoms with Crippen molar-refractivity contribution < 1.29 is 13.9 Å². The number of halogens is 1. The number of carbonyl (C=O) groups is 1. The highest BCUT2D eigenvalue weighted by molar-refractivity contribution is 5.95. The monoisotopic (exact) mass is 334 g/mol. The first-order chi connectivity index (χ1) is 11.7. The number of hydrogen-bond donors (Lipinski definition) is 1. The van der Waals surface area contributed by atoms with E-state index in [1.807, 2.05) is 0 Å². The minimum absolute atomic E-state index is 0.256.